The molecule has 2 atom stereocenters. The Morgan fingerprint density at radius 2 is 1.86 bits per heavy atom. The number of nitrogens with zero attached hydrogens (tertiary/aromatic N) is 3. The van der Waals surface area contributed by atoms with Gasteiger partial charge in [0.05, 0.1) is 17.9 Å². The van der Waals surface area contributed by atoms with Gasteiger partial charge in [0, 0.05) is 31.0 Å². The summed E-state index contributed by atoms with van der Waals surface area (Å²) < 4.78 is 0. The number of rotatable bonds is 7. The zero-order chi connectivity index (χ0) is 19.9. The summed E-state index contributed by atoms with van der Waals surface area (Å²) in [5, 5.41) is 11.1. The molecule has 0 bridgehead atoms. The average molecular weight is 419 g/mol. The molecule has 0 radical (unpaired) electrons. The standard InChI is InChI=1S/C22H38N6S/c1-29-16-13-24-20-19(11-8-12-23-20)26-22-25-18-10-5-4-9-17(18)21(27-22)28-14-6-2-3-7-15-28/h19-20,23-24H,2-16H2,1H3,(H,25,26,27). The summed E-state index contributed by atoms with van der Waals surface area (Å²) in [7, 11) is 0. The van der Waals surface area contributed by atoms with E-state index >= 15 is 0 Å². The molecule has 0 aromatic carbocycles. The van der Waals surface area contributed by atoms with Gasteiger partial charge in [-0.2, -0.15) is 16.7 Å². The number of aromatic nitrogens is 2. The Labute approximate surface area is 180 Å². The van der Waals surface area contributed by atoms with Crippen molar-refractivity contribution in [3.63, 3.8) is 0 Å². The van der Waals surface area contributed by atoms with Crippen LogP contribution in [0.2, 0.25) is 0 Å². The lowest BCUT2D eigenvalue weighted by Gasteiger charge is -2.34. The molecule has 2 saturated heterocycles. The SMILES string of the molecule is CSCCNC1NCCCC1Nc1nc2c(c(N3CCCCCC3)n1)CCCC2. The normalized spacial score (nSPS) is 25.3. The van der Waals surface area contributed by atoms with E-state index in [1.807, 2.05) is 11.8 Å². The smallest absolute Gasteiger partial charge is 0.225 e. The molecule has 2 unspecified atom stereocenters. The Kier molecular flexibility index (Phi) is 7.91. The molecular formula is C22H38N6S. The number of hydrogen-bond donors (Lipinski definition) is 3. The number of thioether (sulfide) groups is 1. The minimum absolute atomic E-state index is 0.289. The predicted octanol–water partition coefficient (Wildman–Crippen LogP) is 3.18. The van der Waals surface area contributed by atoms with Gasteiger partial charge in [0.25, 0.3) is 0 Å². The number of piperidine rings is 1. The van der Waals surface area contributed by atoms with E-state index in [1.54, 1.807) is 0 Å². The monoisotopic (exact) mass is 418 g/mol. The van der Waals surface area contributed by atoms with Crippen LogP contribution >= 0.6 is 11.8 Å². The molecule has 1 aliphatic carbocycles. The largest absolute Gasteiger partial charge is 0.356 e. The fourth-order valence-electron chi connectivity index (χ4n) is 4.92. The maximum atomic E-state index is 5.12. The lowest BCUT2D eigenvalue weighted by atomic mass is 9.96. The van der Waals surface area contributed by atoms with Gasteiger partial charge < -0.3 is 15.5 Å². The second-order valence-electron chi connectivity index (χ2n) is 8.68. The molecule has 4 rings (SSSR count). The van der Waals surface area contributed by atoms with Crippen LogP contribution in [0, 0.1) is 0 Å². The number of fused-ring (bicyclic) bond motifs is 1. The first kappa shape index (κ1) is 21.2. The third-order valence-electron chi connectivity index (χ3n) is 6.51. The van der Waals surface area contributed by atoms with Crippen LogP contribution in [0.4, 0.5) is 11.8 Å². The molecule has 3 N–H and O–H groups in total. The zero-order valence-corrected chi connectivity index (χ0v) is 18.8. The molecule has 1 aromatic rings. The van der Waals surface area contributed by atoms with Crippen LogP contribution in [0.15, 0.2) is 0 Å². The van der Waals surface area contributed by atoms with Crippen LogP contribution in [0.1, 0.15) is 62.6 Å². The highest BCUT2D eigenvalue weighted by atomic mass is 32.2. The Balaban J connectivity index is 1.54. The number of anilines is 2. The molecule has 1 aromatic heterocycles. The third-order valence-corrected chi connectivity index (χ3v) is 7.12. The molecule has 2 aliphatic heterocycles. The van der Waals surface area contributed by atoms with Crippen molar-refractivity contribution in [1.82, 2.24) is 20.6 Å². The Hall–Kier alpha value is -1.05. The lowest BCUT2D eigenvalue weighted by Crippen LogP contribution is -2.57. The molecule has 0 spiro atoms. The average Bonchev–Trinajstić information content (AvgIpc) is 3.04. The first-order valence-electron chi connectivity index (χ1n) is 11.7. The third kappa shape index (κ3) is 5.56. The molecule has 162 valence electrons. The summed E-state index contributed by atoms with van der Waals surface area (Å²) in [6.07, 6.45) is 14.9. The number of nitrogens with one attached hydrogen (secondary N) is 3. The van der Waals surface area contributed by atoms with E-state index in [2.05, 4.69) is 27.1 Å². The summed E-state index contributed by atoms with van der Waals surface area (Å²) >= 11 is 1.89. The lowest BCUT2D eigenvalue weighted by molar-refractivity contribution is 0.321. The molecule has 3 aliphatic rings. The maximum absolute atomic E-state index is 5.12. The van der Waals surface area contributed by atoms with Crippen molar-refractivity contribution < 1.29 is 0 Å². The van der Waals surface area contributed by atoms with Crippen LogP contribution in [0.25, 0.3) is 0 Å². The first-order valence-corrected chi connectivity index (χ1v) is 13.1. The van der Waals surface area contributed by atoms with E-state index in [9.17, 15) is 0 Å². The van der Waals surface area contributed by atoms with Crippen LogP contribution in [-0.2, 0) is 12.8 Å². The van der Waals surface area contributed by atoms with Crippen molar-refractivity contribution in [2.45, 2.75) is 76.4 Å². The molecule has 3 heterocycles. The summed E-state index contributed by atoms with van der Waals surface area (Å²) in [5.74, 6) is 3.21. The summed E-state index contributed by atoms with van der Waals surface area (Å²) in [6.45, 7) is 4.40. The van der Waals surface area contributed by atoms with E-state index in [0.29, 0.717) is 6.04 Å². The van der Waals surface area contributed by atoms with Gasteiger partial charge in [-0.15, -0.1) is 0 Å². The topological polar surface area (TPSA) is 65.1 Å². The van der Waals surface area contributed by atoms with E-state index < -0.39 is 0 Å². The summed E-state index contributed by atoms with van der Waals surface area (Å²) in [5.41, 5.74) is 2.73. The van der Waals surface area contributed by atoms with E-state index in [0.717, 1.165) is 57.1 Å². The fourth-order valence-corrected chi connectivity index (χ4v) is 5.25. The second kappa shape index (κ2) is 10.8. The van der Waals surface area contributed by atoms with Crippen molar-refractivity contribution in [2.24, 2.45) is 0 Å². The molecule has 6 nitrogen and oxygen atoms in total. The highest BCUT2D eigenvalue weighted by molar-refractivity contribution is 7.98. The fraction of sp³-hybridized carbons (Fsp3) is 0.818. The van der Waals surface area contributed by atoms with Crippen molar-refractivity contribution in [1.29, 1.82) is 0 Å². The molecule has 2 fully saturated rings. The van der Waals surface area contributed by atoms with Crippen molar-refractivity contribution in [3.8, 4) is 0 Å². The van der Waals surface area contributed by atoms with Crippen LogP contribution in [-0.4, -0.2) is 60.4 Å². The quantitative estimate of drug-likeness (QED) is 0.588. The number of aryl methyl sites for hydroxylation is 1. The predicted molar refractivity (Wildman–Crippen MR) is 124 cm³/mol. The van der Waals surface area contributed by atoms with Gasteiger partial charge in [0.1, 0.15) is 5.82 Å². The highest BCUT2D eigenvalue weighted by Crippen LogP contribution is 2.31. The van der Waals surface area contributed by atoms with Crippen molar-refractivity contribution in [2.75, 3.05) is 48.4 Å². The minimum Gasteiger partial charge on any atom is -0.356 e. The number of hydrogen-bond acceptors (Lipinski definition) is 7. The van der Waals surface area contributed by atoms with E-state index in [4.69, 9.17) is 9.97 Å². The Morgan fingerprint density at radius 1 is 1.03 bits per heavy atom. The second-order valence-corrected chi connectivity index (χ2v) is 9.66. The van der Waals surface area contributed by atoms with Gasteiger partial charge >= 0.3 is 0 Å². The van der Waals surface area contributed by atoms with Gasteiger partial charge in [-0.25, -0.2) is 4.98 Å². The molecule has 0 amide bonds. The summed E-state index contributed by atoms with van der Waals surface area (Å²) in [6, 6.07) is 0.337. The van der Waals surface area contributed by atoms with E-state index in [-0.39, 0.29) is 6.17 Å². The molecule has 29 heavy (non-hydrogen) atoms. The van der Waals surface area contributed by atoms with Crippen LogP contribution in [0.3, 0.4) is 0 Å². The van der Waals surface area contributed by atoms with E-state index in [1.165, 1.54) is 62.0 Å². The molecule has 7 heteroatoms. The minimum atomic E-state index is 0.289. The Morgan fingerprint density at radius 3 is 2.69 bits per heavy atom. The molecular weight excluding hydrogens is 380 g/mol. The van der Waals surface area contributed by atoms with Gasteiger partial charge in [-0.05, 0) is 64.2 Å². The van der Waals surface area contributed by atoms with Crippen LogP contribution in [0.5, 0.6) is 0 Å². The zero-order valence-electron chi connectivity index (χ0n) is 18.0. The van der Waals surface area contributed by atoms with Crippen molar-refractivity contribution in [3.05, 3.63) is 11.3 Å². The molecule has 0 saturated carbocycles. The Bertz CT molecular complexity index is 646. The maximum Gasteiger partial charge on any atom is 0.225 e. The first-order chi connectivity index (χ1) is 14.3. The van der Waals surface area contributed by atoms with Crippen molar-refractivity contribution >= 4 is 23.5 Å². The van der Waals surface area contributed by atoms with Gasteiger partial charge in [-0.3, -0.25) is 5.32 Å². The van der Waals surface area contributed by atoms with Crippen LogP contribution < -0.4 is 20.9 Å². The highest BCUT2D eigenvalue weighted by Gasteiger charge is 2.27. The van der Waals surface area contributed by atoms with Gasteiger partial charge in [0.2, 0.25) is 5.95 Å². The van der Waals surface area contributed by atoms with Gasteiger partial charge in [0.15, 0.2) is 0 Å². The van der Waals surface area contributed by atoms with Gasteiger partial charge in [-0.1, -0.05) is 12.8 Å². The summed E-state index contributed by atoms with van der Waals surface area (Å²) in [4.78, 5) is 12.7.